The van der Waals surface area contributed by atoms with Crippen molar-refractivity contribution in [2.45, 2.75) is 109 Å². The Morgan fingerprint density at radius 3 is 1.75 bits per heavy atom. The van der Waals surface area contributed by atoms with Crippen molar-refractivity contribution in [2.75, 3.05) is 13.3 Å². The highest BCUT2D eigenvalue weighted by molar-refractivity contribution is 4.93. The van der Waals surface area contributed by atoms with E-state index >= 15 is 0 Å². The SMILES string of the molecule is CCCCO[C@H]1CC[C@H]([C@H]2CC[C@H]([C@H]3CC[C@H](C=CCCF)CC3)CC2)CC1. The molecule has 0 bridgehead atoms. The molecule has 3 fully saturated rings. The van der Waals surface area contributed by atoms with Crippen LogP contribution in [0.15, 0.2) is 12.2 Å². The summed E-state index contributed by atoms with van der Waals surface area (Å²) in [5, 5.41) is 0. The molecule has 0 aliphatic heterocycles. The van der Waals surface area contributed by atoms with Crippen molar-refractivity contribution < 1.29 is 9.13 Å². The van der Waals surface area contributed by atoms with Gasteiger partial charge in [0.1, 0.15) is 0 Å². The molecule has 0 saturated heterocycles. The predicted molar refractivity (Wildman–Crippen MR) is 117 cm³/mol. The van der Waals surface area contributed by atoms with Crippen molar-refractivity contribution in [3.63, 3.8) is 0 Å². The lowest BCUT2D eigenvalue weighted by molar-refractivity contribution is 0.00437. The monoisotopic (exact) mass is 392 g/mol. The van der Waals surface area contributed by atoms with E-state index in [2.05, 4.69) is 19.1 Å². The first-order chi connectivity index (χ1) is 13.8. The maximum Gasteiger partial charge on any atom is 0.0928 e. The fourth-order valence-corrected chi connectivity index (χ4v) is 6.37. The molecule has 0 heterocycles. The number of ether oxygens (including phenoxy) is 1. The molecule has 0 unspecified atom stereocenters. The average molecular weight is 393 g/mol. The Labute approximate surface area is 173 Å². The van der Waals surface area contributed by atoms with Gasteiger partial charge in [-0.2, -0.15) is 0 Å². The Kier molecular flexibility index (Phi) is 9.85. The largest absolute Gasteiger partial charge is 0.378 e. The van der Waals surface area contributed by atoms with Crippen molar-refractivity contribution in [1.29, 1.82) is 0 Å². The molecule has 3 saturated carbocycles. The van der Waals surface area contributed by atoms with Crippen molar-refractivity contribution >= 4 is 0 Å². The third kappa shape index (κ3) is 6.85. The summed E-state index contributed by atoms with van der Waals surface area (Å²) in [6.45, 7) is 3.02. The maximum atomic E-state index is 12.2. The molecule has 3 aliphatic rings. The second-order valence-electron chi connectivity index (χ2n) is 10.0. The number of hydrogen-bond donors (Lipinski definition) is 0. The predicted octanol–water partition coefficient (Wildman–Crippen LogP) is 7.89. The van der Waals surface area contributed by atoms with Gasteiger partial charge < -0.3 is 4.74 Å². The van der Waals surface area contributed by atoms with Crippen LogP contribution in [0.3, 0.4) is 0 Å². The van der Waals surface area contributed by atoms with Gasteiger partial charge in [-0.1, -0.05) is 25.5 Å². The van der Waals surface area contributed by atoms with Crippen LogP contribution in [0, 0.1) is 29.6 Å². The van der Waals surface area contributed by atoms with Crippen LogP contribution >= 0.6 is 0 Å². The Morgan fingerprint density at radius 2 is 1.25 bits per heavy atom. The molecule has 0 amide bonds. The molecular formula is C26H45FO. The highest BCUT2D eigenvalue weighted by atomic mass is 19.1. The van der Waals surface area contributed by atoms with E-state index < -0.39 is 0 Å². The smallest absolute Gasteiger partial charge is 0.0928 e. The van der Waals surface area contributed by atoms with Crippen LogP contribution in [0.1, 0.15) is 103 Å². The molecule has 2 heteroatoms. The number of rotatable bonds is 9. The van der Waals surface area contributed by atoms with Crippen LogP contribution in [0.5, 0.6) is 0 Å². The second-order valence-corrected chi connectivity index (χ2v) is 10.0. The van der Waals surface area contributed by atoms with Gasteiger partial charge >= 0.3 is 0 Å². The van der Waals surface area contributed by atoms with Crippen LogP contribution < -0.4 is 0 Å². The van der Waals surface area contributed by atoms with Crippen molar-refractivity contribution in [2.24, 2.45) is 29.6 Å². The first-order valence-electron chi connectivity index (χ1n) is 12.6. The van der Waals surface area contributed by atoms with Gasteiger partial charge in [0.25, 0.3) is 0 Å². The lowest BCUT2D eigenvalue weighted by Gasteiger charge is -2.41. The normalized spacial score (nSPS) is 37.4. The van der Waals surface area contributed by atoms with Gasteiger partial charge in [-0.25, -0.2) is 0 Å². The minimum atomic E-state index is -0.206. The van der Waals surface area contributed by atoms with E-state index in [4.69, 9.17) is 4.74 Å². The van der Waals surface area contributed by atoms with Crippen LogP contribution in [0.25, 0.3) is 0 Å². The number of halogens is 1. The Bertz CT molecular complexity index is 424. The van der Waals surface area contributed by atoms with Crippen molar-refractivity contribution in [3.05, 3.63) is 12.2 Å². The lowest BCUT2D eigenvalue weighted by Crippen LogP contribution is -2.31. The van der Waals surface area contributed by atoms with Crippen molar-refractivity contribution in [1.82, 2.24) is 0 Å². The van der Waals surface area contributed by atoms with Gasteiger partial charge in [0.15, 0.2) is 0 Å². The van der Waals surface area contributed by atoms with Crippen molar-refractivity contribution in [3.8, 4) is 0 Å². The van der Waals surface area contributed by atoms with E-state index in [1.807, 2.05) is 0 Å². The Hall–Kier alpha value is -0.370. The number of hydrogen-bond acceptors (Lipinski definition) is 1. The Morgan fingerprint density at radius 1 is 0.750 bits per heavy atom. The summed E-state index contributed by atoms with van der Waals surface area (Å²) < 4.78 is 18.3. The van der Waals surface area contributed by atoms with Gasteiger partial charge in [0, 0.05) is 6.61 Å². The van der Waals surface area contributed by atoms with E-state index in [0.29, 0.717) is 12.5 Å². The molecule has 3 aliphatic carbocycles. The number of unbranched alkanes of at least 4 members (excludes halogenated alkanes) is 1. The third-order valence-electron chi connectivity index (χ3n) is 8.22. The van der Waals surface area contributed by atoms with E-state index in [1.54, 1.807) is 0 Å². The molecule has 162 valence electrons. The molecule has 0 spiro atoms. The summed E-state index contributed by atoms with van der Waals surface area (Å²) in [5.74, 6) is 4.71. The molecule has 0 atom stereocenters. The molecule has 0 aromatic heterocycles. The molecule has 0 aromatic rings. The molecule has 3 rings (SSSR count). The summed E-state index contributed by atoms with van der Waals surface area (Å²) in [6, 6.07) is 0. The maximum absolute atomic E-state index is 12.2. The van der Waals surface area contributed by atoms with Gasteiger partial charge in [-0.3, -0.25) is 4.39 Å². The van der Waals surface area contributed by atoms with E-state index in [9.17, 15) is 4.39 Å². The van der Waals surface area contributed by atoms with Gasteiger partial charge in [0.2, 0.25) is 0 Å². The fourth-order valence-electron chi connectivity index (χ4n) is 6.37. The molecule has 1 nitrogen and oxygen atoms in total. The number of alkyl halides is 1. The summed E-state index contributed by atoms with van der Waals surface area (Å²) >= 11 is 0. The van der Waals surface area contributed by atoms with Crippen LogP contribution in [0.2, 0.25) is 0 Å². The standard InChI is InChI=1S/C26H45FO/c1-2-3-20-28-26-17-15-25(16-18-26)24-13-11-23(12-14-24)22-9-7-21(8-10-22)6-4-5-19-27/h4,6,21-26H,2-3,5,7-20H2,1H3/t21-,22-,23-,24-,25-,26-. The zero-order valence-corrected chi connectivity index (χ0v) is 18.4. The summed E-state index contributed by atoms with van der Waals surface area (Å²) in [5.41, 5.74) is 0. The topological polar surface area (TPSA) is 9.23 Å². The van der Waals surface area contributed by atoms with Gasteiger partial charge in [-0.15, -0.1) is 0 Å². The van der Waals surface area contributed by atoms with E-state index in [0.717, 1.165) is 36.2 Å². The molecule has 28 heavy (non-hydrogen) atoms. The Balaban J connectivity index is 1.31. The average Bonchev–Trinajstić information content (AvgIpc) is 2.75. The van der Waals surface area contributed by atoms with E-state index in [1.165, 1.54) is 89.9 Å². The minimum Gasteiger partial charge on any atom is -0.378 e. The quantitative estimate of drug-likeness (QED) is 0.286. The zero-order valence-electron chi connectivity index (χ0n) is 18.4. The van der Waals surface area contributed by atoms with Crippen LogP contribution in [0.4, 0.5) is 4.39 Å². The molecular weight excluding hydrogens is 347 g/mol. The fraction of sp³-hybridized carbons (Fsp3) is 0.923. The van der Waals surface area contributed by atoms with Crippen LogP contribution in [-0.4, -0.2) is 19.4 Å². The van der Waals surface area contributed by atoms with E-state index in [-0.39, 0.29) is 6.67 Å². The summed E-state index contributed by atoms with van der Waals surface area (Å²) in [6.07, 6.45) is 25.0. The molecule has 0 N–H and O–H groups in total. The third-order valence-corrected chi connectivity index (χ3v) is 8.22. The highest BCUT2D eigenvalue weighted by Crippen LogP contribution is 2.45. The summed E-state index contributed by atoms with van der Waals surface area (Å²) in [7, 11) is 0. The van der Waals surface area contributed by atoms with Gasteiger partial charge in [0.05, 0.1) is 12.8 Å². The molecule has 0 aromatic carbocycles. The summed E-state index contributed by atoms with van der Waals surface area (Å²) in [4.78, 5) is 0. The minimum absolute atomic E-state index is 0.206. The second kappa shape index (κ2) is 12.4. The molecule has 0 radical (unpaired) electrons. The first-order valence-corrected chi connectivity index (χ1v) is 12.6. The highest BCUT2D eigenvalue weighted by Gasteiger charge is 2.34. The van der Waals surface area contributed by atoms with Crippen LogP contribution in [-0.2, 0) is 4.74 Å². The zero-order chi connectivity index (χ0) is 19.6. The lowest BCUT2D eigenvalue weighted by atomic mass is 9.65. The first kappa shape index (κ1) is 22.3. The number of allylic oxidation sites excluding steroid dienone is 2. The van der Waals surface area contributed by atoms with Gasteiger partial charge in [-0.05, 0) is 119 Å².